The molecule has 1 aromatic carbocycles. The predicted molar refractivity (Wildman–Crippen MR) is 81.2 cm³/mol. The molecule has 0 saturated carbocycles. The van der Waals surface area contributed by atoms with Crippen molar-refractivity contribution in [1.29, 1.82) is 0 Å². The topological polar surface area (TPSA) is 9.23 Å². The summed E-state index contributed by atoms with van der Waals surface area (Å²) < 4.78 is 20.3. The lowest BCUT2D eigenvalue weighted by atomic mass is 9.92. The van der Waals surface area contributed by atoms with Crippen molar-refractivity contribution < 1.29 is 9.13 Å². The van der Waals surface area contributed by atoms with E-state index in [0.717, 1.165) is 0 Å². The highest BCUT2D eigenvalue weighted by molar-refractivity contribution is 6.55. The molecule has 0 heterocycles. The number of benzene rings is 1. The molecule has 2 aliphatic carbocycles. The molecule has 0 fully saturated rings. The van der Waals surface area contributed by atoms with Crippen LogP contribution in [0.4, 0.5) is 4.39 Å². The van der Waals surface area contributed by atoms with E-state index < -0.39 is 15.6 Å². The van der Waals surface area contributed by atoms with E-state index in [4.69, 9.17) is 51.1 Å². The zero-order valence-corrected chi connectivity index (χ0v) is 13.3. The Bertz CT molecular complexity index is 644. The van der Waals surface area contributed by atoms with Crippen LogP contribution in [0.15, 0.2) is 46.5 Å². The molecule has 3 rings (SSSR count). The minimum atomic E-state index is -2.44. The largest absolute Gasteiger partial charge is 0.345 e. The van der Waals surface area contributed by atoms with Crippen LogP contribution >= 0.6 is 46.4 Å². The Balaban J connectivity index is 2.27. The summed E-state index contributed by atoms with van der Waals surface area (Å²) >= 11 is 25.1. The first-order valence-electron chi connectivity index (χ1n) is 5.80. The van der Waals surface area contributed by atoms with Crippen LogP contribution in [0.25, 0.3) is 5.57 Å². The molecule has 3 unspecified atom stereocenters. The van der Waals surface area contributed by atoms with Crippen LogP contribution in [0.1, 0.15) is 5.56 Å². The van der Waals surface area contributed by atoms with Gasteiger partial charge in [-0.1, -0.05) is 53.5 Å². The summed E-state index contributed by atoms with van der Waals surface area (Å²) in [4.78, 5) is -3.46. The van der Waals surface area contributed by atoms with E-state index in [1.165, 1.54) is 13.2 Å². The third-order valence-corrected chi connectivity index (χ3v) is 6.23. The van der Waals surface area contributed by atoms with Gasteiger partial charge in [0.05, 0.1) is 10.1 Å². The number of ether oxygens (including phenoxy) is 1. The first kappa shape index (κ1) is 14.7. The minimum Gasteiger partial charge on any atom is -0.345 e. The molecule has 6 heteroatoms. The second kappa shape index (κ2) is 4.37. The van der Waals surface area contributed by atoms with Gasteiger partial charge in [0, 0.05) is 7.11 Å². The molecule has 2 aliphatic rings. The second-order valence-electron chi connectivity index (χ2n) is 4.72. The number of alkyl halides is 3. The van der Waals surface area contributed by atoms with Gasteiger partial charge in [0.25, 0.3) is 5.85 Å². The van der Waals surface area contributed by atoms with Gasteiger partial charge in [-0.05, 0) is 17.2 Å². The van der Waals surface area contributed by atoms with Crippen molar-refractivity contribution in [3.05, 3.63) is 52.0 Å². The zero-order chi connectivity index (χ0) is 14.8. The fraction of sp³-hybridized carbons (Fsp3) is 0.286. The Labute approximate surface area is 135 Å². The van der Waals surface area contributed by atoms with E-state index in [0.29, 0.717) is 11.1 Å². The summed E-state index contributed by atoms with van der Waals surface area (Å²) in [6, 6.07) is 9.07. The number of fused-ring (bicyclic) bond motifs is 2. The van der Waals surface area contributed by atoms with Gasteiger partial charge < -0.3 is 4.74 Å². The quantitative estimate of drug-likeness (QED) is 0.675. The zero-order valence-electron chi connectivity index (χ0n) is 10.3. The fourth-order valence-corrected chi connectivity index (χ4v) is 4.52. The van der Waals surface area contributed by atoms with Crippen LogP contribution in [0.3, 0.4) is 0 Å². The van der Waals surface area contributed by atoms with E-state index in [1.807, 2.05) is 18.2 Å². The highest BCUT2D eigenvalue weighted by Crippen LogP contribution is 2.70. The van der Waals surface area contributed by atoms with Gasteiger partial charge >= 0.3 is 0 Å². The average molecular weight is 354 g/mol. The van der Waals surface area contributed by atoms with E-state index in [1.54, 1.807) is 12.1 Å². The molecular formula is C14H9Cl4FO. The summed E-state index contributed by atoms with van der Waals surface area (Å²) in [7, 11) is 1.19. The Morgan fingerprint density at radius 3 is 2.15 bits per heavy atom. The highest BCUT2D eigenvalue weighted by atomic mass is 35.5. The van der Waals surface area contributed by atoms with Crippen LogP contribution in [-0.2, 0) is 4.74 Å². The Morgan fingerprint density at radius 2 is 1.65 bits per heavy atom. The second-order valence-corrected chi connectivity index (χ2v) is 6.64. The summed E-state index contributed by atoms with van der Waals surface area (Å²) in [5.41, 5.74) is 1.17. The standard InChI is InChI=1S/C14H9Cl4FO/c1-20-14(19)12(17)7-9(8-5-3-2-4-6-8)13(14,18)11(16)10(12)15/h2-7H,1H3. The Kier molecular flexibility index (Phi) is 3.21. The van der Waals surface area contributed by atoms with Gasteiger partial charge in [-0.2, -0.15) is 0 Å². The molecule has 0 aliphatic heterocycles. The van der Waals surface area contributed by atoms with Crippen molar-refractivity contribution in [2.75, 3.05) is 7.11 Å². The average Bonchev–Trinajstić information content (AvgIpc) is 2.72. The molecule has 0 amide bonds. The molecule has 0 aromatic heterocycles. The van der Waals surface area contributed by atoms with E-state index in [-0.39, 0.29) is 10.1 Å². The maximum Gasteiger partial charge on any atom is 0.265 e. The number of rotatable bonds is 2. The molecule has 0 N–H and O–H groups in total. The molecule has 1 aromatic rings. The molecule has 3 atom stereocenters. The van der Waals surface area contributed by atoms with E-state index in [9.17, 15) is 0 Å². The number of halogens is 5. The van der Waals surface area contributed by atoms with Gasteiger partial charge in [-0.3, -0.25) is 0 Å². The maximum absolute atomic E-state index is 15.3. The summed E-state index contributed by atoms with van der Waals surface area (Å²) in [6.07, 6.45) is 1.48. The summed E-state index contributed by atoms with van der Waals surface area (Å²) in [5.74, 6) is -2.44. The normalized spacial score (nSPS) is 39.4. The van der Waals surface area contributed by atoms with Crippen LogP contribution in [0.2, 0.25) is 0 Å². The fourth-order valence-electron chi connectivity index (χ4n) is 2.78. The molecule has 20 heavy (non-hydrogen) atoms. The SMILES string of the molecule is COC1(F)C2(Cl)C=C(c3ccccc3)C1(Cl)C(Cl)=C2Cl. The van der Waals surface area contributed by atoms with E-state index >= 15 is 4.39 Å². The lowest BCUT2D eigenvalue weighted by Crippen LogP contribution is -2.51. The predicted octanol–water partition coefficient (Wildman–Crippen LogP) is 5.05. The van der Waals surface area contributed by atoms with Crippen molar-refractivity contribution in [3.8, 4) is 0 Å². The smallest absolute Gasteiger partial charge is 0.265 e. The molecular weight excluding hydrogens is 345 g/mol. The van der Waals surface area contributed by atoms with Crippen LogP contribution < -0.4 is 0 Å². The van der Waals surface area contributed by atoms with Crippen molar-refractivity contribution in [3.63, 3.8) is 0 Å². The number of hydrogen-bond acceptors (Lipinski definition) is 1. The van der Waals surface area contributed by atoms with Crippen molar-refractivity contribution >= 4 is 52.0 Å². The van der Waals surface area contributed by atoms with Gasteiger partial charge in [0.1, 0.15) is 0 Å². The third-order valence-electron chi connectivity index (χ3n) is 3.81. The van der Waals surface area contributed by atoms with Crippen molar-refractivity contribution in [1.82, 2.24) is 0 Å². The molecule has 0 saturated heterocycles. The van der Waals surface area contributed by atoms with Gasteiger partial charge in [-0.25, -0.2) is 4.39 Å². The Hall–Kier alpha value is -0.250. The maximum atomic E-state index is 15.3. The summed E-state index contributed by atoms with van der Waals surface area (Å²) in [6.45, 7) is 0. The van der Waals surface area contributed by atoms with Crippen LogP contribution in [0.5, 0.6) is 0 Å². The molecule has 0 spiro atoms. The molecule has 106 valence electrons. The first-order chi connectivity index (χ1) is 9.33. The molecule has 0 radical (unpaired) electrons. The van der Waals surface area contributed by atoms with Crippen molar-refractivity contribution in [2.24, 2.45) is 0 Å². The Morgan fingerprint density at radius 1 is 1.05 bits per heavy atom. The van der Waals surface area contributed by atoms with Crippen LogP contribution in [-0.4, -0.2) is 22.7 Å². The van der Waals surface area contributed by atoms with Gasteiger partial charge in [0.15, 0.2) is 9.75 Å². The van der Waals surface area contributed by atoms with Gasteiger partial charge in [0.2, 0.25) is 0 Å². The first-order valence-corrected chi connectivity index (χ1v) is 7.31. The lowest BCUT2D eigenvalue weighted by Gasteiger charge is -2.35. The lowest BCUT2D eigenvalue weighted by molar-refractivity contribution is -0.127. The number of hydrogen-bond donors (Lipinski definition) is 0. The third kappa shape index (κ3) is 1.39. The number of methoxy groups -OCH3 is 1. The van der Waals surface area contributed by atoms with Crippen molar-refractivity contribution in [2.45, 2.75) is 15.6 Å². The van der Waals surface area contributed by atoms with Gasteiger partial charge in [-0.15, -0.1) is 23.2 Å². The van der Waals surface area contributed by atoms with Crippen LogP contribution in [0, 0.1) is 0 Å². The minimum absolute atomic E-state index is 0.0402. The highest BCUT2D eigenvalue weighted by Gasteiger charge is 2.78. The van der Waals surface area contributed by atoms with E-state index in [2.05, 4.69) is 0 Å². The molecule has 1 nitrogen and oxygen atoms in total. The molecule has 2 bridgehead atoms. The monoisotopic (exact) mass is 352 g/mol. The summed E-state index contributed by atoms with van der Waals surface area (Å²) in [5, 5.41) is -0.0820.